The number of carbonyl (C=O) groups excluding carboxylic acids is 3. The highest BCUT2D eigenvalue weighted by atomic mass is 16.6. The van der Waals surface area contributed by atoms with Gasteiger partial charge in [0.1, 0.15) is 13.2 Å². The van der Waals surface area contributed by atoms with Gasteiger partial charge in [-0.25, -0.2) is 0 Å². The summed E-state index contributed by atoms with van der Waals surface area (Å²) in [5.74, 6) is -1.06. The van der Waals surface area contributed by atoms with Crippen LogP contribution in [0.15, 0.2) is 194 Å². The molecule has 0 aromatic heterocycles. The van der Waals surface area contributed by atoms with Gasteiger partial charge >= 0.3 is 17.9 Å². The topological polar surface area (TPSA) is 78.9 Å². The van der Waals surface area contributed by atoms with Gasteiger partial charge in [-0.1, -0.05) is 247 Å². The van der Waals surface area contributed by atoms with Crippen molar-refractivity contribution >= 4 is 17.9 Å². The van der Waals surface area contributed by atoms with Crippen molar-refractivity contribution in [3.05, 3.63) is 194 Å². The minimum atomic E-state index is -0.840. The number of rotatable bonds is 42. The van der Waals surface area contributed by atoms with E-state index in [0.29, 0.717) is 19.3 Å². The molecule has 0 amide bonds. The van der Waals surface area contributed by atoms with Crippen LogP contribution in [0.1, 0.15) is 156 Å². The lowest BCUT2D eigenvalue weighted by Crippen LogP contribution is -2.30. The normalized spacial score (nSPS) is 13.8. The molecule has 6 nitrogen and oxygen atoms in total. The van der Waals surface area contributed by atoms with E-state index in [9.17, 15) is 14.4 Å². The summed E-state index contributed by atoms with van der Waals surface area (Å²) in [5.41, 5.74) is 0. The SMILES string of the molecule is CC\C=C/C=C\C=C/C=C\C=C\C=C/C=C\CCCCCC(=O)OCC(COC(=O)CCCCCCC/C=C\C/C=C\CC)OC(=O)CCCCC\C=C/C=C\C=C\C=C/C=C\C=C/C=C\CC. The van der Waals surface area contributed by atoms with Crippen LogP contribution in [0.2, 0.25) is 0 Å². The van der Waals surface area contributed by atoms with Crippen LogP contribution >= 0.6 is 0 Å². The van der Waals surface area contributed by atoms with E-state index in [0.717, 1.165) is 103 Å². The Balaban J connectivity index is 4.67. The second-order valence-electron chi connectivity index (χ2n) is 15.9. The molecule has 0 spiro atoms. The first-order valence-corrected chi connectivity index (χ1v) is 25.6. The third-order valence-corrected chi connectivity index (χ3v) is 9.71. The molecule has 0 aromatic carbocycles. The molecular formula is C62H88O6. The van der Waals surface area contributed by atoms with Gasteiger partial charge in [0.25, 0.3) is 0 Å². The summed E-state index contributed by atoms with van der Waals surface area (Å²) in [5, 5.41) is 0. The second kappa shape index (κ2) is 53.9. The molecule has 0 aliphatic carbocycles. The zero-order chi connectivity index (χ0) is 49.3. The lowest BCUT2D eigenvalue weighted by molar-refractivity contribution is -0.167. The van der Waals surface area contributed by atoms with E-state index in [4.69, 9.17) is 14.2 Å². The number of allylic oxidation sites excluding steroid dienone is 32. The van der Waals surface area contributed by atoms with E-state index in [2.05, 4.69) is 69.4 Å². The lowest BCUT2D eigenvalue weighted by atomic mass is 10.1. The van der Waals surface area contributed by atoms with Crippen molar-refractivity contribution in [2.75, 3.05) is 13.2 Å². The Morgan fingerprint density at radius 3 is 1.00 bits per heavy atom. The first kappa shape index (κ1) is 62.2. The van der Waals surface area contributed by atoms with Crippen molar-refractivity contribution in [1.29, 1.82) is 0 Å². The van der Waals surface area contributed by atoms with Crippen molar-refractivity contribution in [2.45, 2.75) is 162 Å². The maximum Gasteiger partial charge on any atom is 0.306 e. The van der Waals surface area contributed by atoms with Gasteiger partial charge in [0.2, 0.25) is 0 Å². The molecule has 0 aliphatic rings. The maximum atomic E-state index is 12.8. The molecule has 6 heteroatoms. The molecule has 0 saturated heterocycles. The second-order valence-corrected chi connectivity index (χ2v) is 15.9. The Hall–Kier alpha value is -5.75. The predicted octanol–water partition coefficient (Wildman–Crippen LogP) is 17.1. The fourth-order valence-corrected chi connectivity index (χ4v) is 5.97. The fourth-order valence-electron chi connectivity index (χ4n) is 5.97. The van der Waals surface area contributed by atoms with Crippen molar-refractivity contribution in [1.82, 2.24) is 0 Å². The van der Waals surface area contributed by atoms with Gasteiger partial charge < -0.3 is 14.2 Å². The van der Waals surface area contributed by atoms with Gasteiger partial charge in [-0.15, -0.1) is 0 Å². The van der Waals surface area contributed by atoms with Crippen LogP contribution in [0, 0.1) is 0 Å². The number of hydrogen-bond donors (Lipinski definition) is 0. The van der Waals surface area contributed by atoms with E-state index in [-0.39, 0.29) is 44.0 Å². The predicted molar refractivity (Wildman–Crippen MR) is 292 cm³/mol. The van der Waals surface area contributed by atoms with Crippen LogP contribution in [-0.2, 0) is 28.6 Å². The Kier molecular flexibility index (Phi) is 49.3. The number of hydrogen-bond acceptors (Lipinski definition) is 6. The van der Waals surface area contributed by atoms with E-state index in [1.807, 2.05) is 146 Å². The Morgan fingerprint density at radius 2 is 0.603 bits per heavy atom. The molecule has 0 fully saturated rings. The molecule has 0 saturated carbocycles. The third kappa shape index (κ3) is 51.2. The van der Waals surface area contributed by atoms with Gasteiger partial charge in [-0.05, 0) is 83.5 Å². The first-order valence-electron chi connectivity index (χ1n) is 25.6. The average Bonchev–Trinajstić information content (AvgIpc) is 3.34. The minimum Gasteiger partial charge on any atom is -0.462 e. The molecule has 0 radical (unpaired) electrons. The van der Waals surface area contributed by atoms with Crippen LogP contribution in [0.3, 0.4) is 0 Å². The zero-order valence-corrected chi connectivity index (χ0v) is 42.3. The number of ether oxygens (including phenoxy) is 3. The smallest absolute Gasteiger partial charge is 0.306 e. The molecule has 1 unspecified atom stereocenters. The summed E-state index contributed by atoms with van der Waals surface area (Å²) < 4.78 is 16.7. The van der Waals surface area contributed by atoms with Crippen LogP contribution in [0.4, 0.5) is 0 Å². The van der Waals surface area contributed by atoms with Gasteiger partial charge in [-0.3, -0.25) is 14.4 Å². The van der Waals surface area contributed by atoms with E-state index < -0.39 is 6.10 Å². The quantitative estimate of drug-likeness (QED) is 0.0199. The first-order chi connectivity index (χ1) is 33.5. The van der Waals surface area contributed by atoms with Crippen molar-refractivity contribution in [3.8, 4) is 0 Å². The van der Waals surface area contributed by atoms with Crippen molar-refractivity contribution in [2.24, 2.45) is 0 Å². The van der Waals surface area contributed by atoms with Crippen LogP contribution < -0.4 is 0 Å². The van der Waals surface area contributed by atoms with Crippen LogP contribution in [-0.4, -0.2) is 37.2 Å². The summed E-state index contributed by atoms with van der Waals surface area (Å²) in [6, 6.07) is 0. The lowest BCUT2D eigenvalue weighted by Gasteiger charge is -2.18. The van der Waals surface area contributed by atoms with Gasteiger partial charge in [0.15, 0.2) is 6.10 Å². The summed E-state index contributed by atoms with van der Waals surface area (Å²) in [6.45, 7) is 6.10. The molecular weight excluding hydrogens is 841 g/mol. The summed E-state index contributed by atoms with van der Waals surface area (Å²) >= 11 is 0. The van der Waals surface area contributed by atoms with E-state index in [1.54, 1.807) is 0 Å². The average molecular weight is 929 g/mol. The van der Waals surface area contributed by atoms with Gasteiger partial charge in [0.05, 0.1) is 0 Å². The highest BCUT2D eigenvalue weighted by molar-refractivity contribution is 5.71. The standard InChI is InChI=1S/C62H88O6/c1-4-7-10-13-16-19-22-25-27-29-31-33-35-37-40-43-46-49-52-55-61(64)67-58-59(57-66-60(63)54-51-48-45-42-39-24-21-18-15-12-9-6-3)68-62(65)56-53-50-47-44-41-38-36-34-32-30-28-26-23-20-17-14-11-8-5-2/h7-14,16-23,25-38,40-41,59H,4-6,15,24,39,42-58H2,1-3H3/b10-7-,11-8-,12-9-,16-13-,17-14-,21-18-,22-19-,23-20-,27-25-,28-26-,31-29+,32-30+,35-33-,36-34-,40-37-,41-38-. The van der Waals surface area contributed by atoms with Gasteiger partial charge in [0, 0.05) is 19.3 Å². The largest absolute Gasteiger partial charge is 0.462 e. The molecule has 372 valence electrons. The van der Waals surface area contributed by atoms with E-state index in [1.165, 1.54) is 0 Å². The zero-order valence-electron chi connectivity index (χ0n) is 42.3. The van der Waals surface area contributed by atoms with Crippen molar-refractivity contribution < 1.29 is 28.6 Å². The number of unbranched alkanes of at least 4 members (excludes halogenated alkanes) is 11. The highest BCUT2D eigenvalue weighted by Gasteiger charge is 2.19. The minimum absolute atomic E-state index is 0.132. The molecule has 0 bridgehead atoms. The van der Waals surface area contributed by atoms with E-state index >= 15 is 0 Å². The number of esters is 3. The highest BCUT2D eigenvalue weighted by Crippen LogP contribution is 2.11. The maximum absolute atomic E-state index is 12.8. The molecule has 0 N–H and O–H groups in total. The summed E-state index contributed by atoms with van der Waals surface area (Å²) in [6.07, 6.45) is 82.6. The Morgan fingerprint density at radius 1 is 0.309 bits per heavy atom. The molecule has 0 heterocycles. The Bertz CT molecular complexity index is 1730. The fraction of sp³-hybridized carbons (Fsp3) is 0.435. The molecule has 0 rings (SSSR count). The third-order valence-electron chi connectivity index (χ3n) is 9.71. The molecule has 68 heavy (non-hydrogen) atoms. The molecule has 0 aliphatic heterocycles. The molecule has 1 atom stereocenters. The van der Waals surface area contributed by atoms with Gasteiger partial charge in [-0.2, -0.15) is 0 Å². The van der Waals surface area contributed by atoms with Crippen molar-refractivity contribution in [3.63, 3.8) is 0 Å². The molecule has 0 aromatic rings. The van der Waals surface area contributed by atoms with Crippen LogP contribution in [0.5, 0.6) is 0 Å². The van der Waals surface area contributed by atoms with Crippen LogP contribution in [0.25, 0.3) is 0 Å². The monoisotopic (exact) mass is 929 g/mol. The number of carbonyl (C=O) groups is 3. The Labute approximate surface area is 414 Å². The summed E-state index contributed by atoms with van der Waals surface area (Å²) in [7, 11) is 0. The summed E-state index contributed by atoms with van der Waals surface area (Å²) in [4.78, 5) is 38.0.